The van der Waals surface area contributed by atoms with E-state index in [-0.39, 0.29) is 31.5 Å². The second-order valence-corrected chi connectivity index (χ2v) is 7.77. The number of carbonyl (C=O) groups excluding carboxylic acids is 1. The summed E-state index contributed by atoms with van der Waals surface area (Å²) in [5.41, 5.74) is 0.934. The topological polar surface area (TPSA) is 70.1 Å². The van der Waals surface area contributed by atoms with Gasteiger partial charge in [-0.1, -0.05) is 48.5 Å². The van der Waals surface area contributed by atoms with Gasteiger partial charge in [0.15, 0.2) is 0 Å². The van der Waals surface area contributed by atoms with E-state index < -0.39 is 11.4 Å². The molecule has 0 aliphatic carbocycles. The van der Waals surface area contributed by atoms with Gasteiger partial charge in [0, 0.05) is 31.1 Å². The molecular weight excluding hydrogens is 356 g/mol. The molecule has 2 atom stereocenters. The number of likely N-dealkylation sites (N-methyl/N-ethyl adjacent to an activating group) is 1. The van der Waals surface area contributed by atoms with E-state index in [0.717, 1.165) is 16.9 Å². The second-order valence-electron chi connectivity index (χ2n) is 7.77. The Hall–Kier alpha value is -2.86. The number of para-hydroxylation sites is 1. The summed E-state index contributed by atoms with van der Waals surface area (Å²) >= 11 is 0. The van der Waals surface area contributed by atoms with Crippen molar-refractivity contribution in [3.63, 3.8) is 0 Å². The number of benzene rings is 2. The maximum atomic E-state index is 12.9. The summed E-state index contributed by atoms with van der Waals surface area (Å²) < 4.78 is 5.76. The van der Waals surface area contributed by atoms with Crippen LogP contribution in [0.2, 0.25) is 0 Å². The van der Waals surface area contributed by atoms with Crippen molar-refractivity contribution in [1.82, 2.24) is 9.80 Å². The first kappa shape index (κ1) is 18.5. The van der Waals surface area contributed by atoms with E-state index in [9.17, 15) is 14.7 Å². The van der Waals surface area contributed by atoms with Crippen molar-refractivity contribution in [3.8, 4) is 5.75 Å². The minimum absolute atomic E-state index is 0.0501. The van der Waals surface area contributed by atoms with Gasteiger partial charge in [0.2, 0.25) is 5.91 Å². The number of rotatable bonds is 5. The van der Waals surface area contributed by atoms with Crippen LogP contribution in [-0.2, 0) is 16.1 Å². The lowest BCUT2D eigenvalue weighted by Gasteiger charge is -2.35. The highest BCUT2D eigenvalue weighted by Gasteiger charge is 2.57. The van der Waals surface area contributed by atoms with Crippen molar-refractivity contribution < 1.29 is 19.4 Å². The minimum Gasteiger partial charge on any atom is -0.492 e. The van der Waals surface area contributed by atoms with Crippen LogP contribution >= 0.6 is 0 Å². The monoisotopic (exact) mass is 380 g/mol. The molecular formula is C22H24N2O4. The summed E-state index contributed by atoms with van der Waals surface area (Å²) in [6, 6.07) is 17.5. The number of amides is 1. The number of aliphatic carboxylic acids is 1. The normalized spacial score (nSPS) is 23.1. The fraction of sp³-hybridized carbons (Fsp3) is 0.364. The first-order valence-corrected chi connectivity index (χ1v) is 9.45. The Kier molecular flexibility index (Phi) is 4.81. The van der Waals surface area contributed by atoms with Crippen LogP contribution in [0.4, 0.5) is 0 Å². The average molecular weight is 380 g/mol. The SMILES string of the molecule is CN(CC(=O)N1C[C@H]2c3ccccc3OC[C@@]2(C(=O)O)C1)Cc1ccccc1. The molecule has 1 saturated heterocycles. The molecule has 2 aliphatic rings. The third-order valence-corrected chi connectivity index (χ3v) is 5.80. The van der Waals surface area contributed by atoms with Crippen LogP contribution in [0.3, 0.4) is 0 Å². The molecule has 2 aromatic rings. The van der Waals surface area contributed by atoms with E-state index in [1.807, 2.05) is 66.5 Å². The van der Waals surface area contributed by atoms with E-state index in [0.29, 0.717) is 13.1 Å². The van der Waals surface area contributed by atoms with Gasteiger partial charge in [-0.15, -0.1) is 0 Å². The quantitative estimate of drug-likeness (QED) is 0.861. The van der Waals surface area contributed by atoms with Gasteiger partial charge >= 0.3 is 5.97 Å². The molecule has 2 aliphatic heterocycles. The molecule has 1 N–H and O–H groups in total. The van der Waals surface area contributed by atoms with Crippen molar-refractivity contribution in [2.75, 3.05) is 33.3 Å². The smallest absolute Gasteiger partial charge is 0.315 e. The number of carbonyl (C=O) groups is 2. The first-order chi connectivity index (χ1) is 13.5. The Morgan fingerprint density at radius 3 is 2.64 bits per heavy atom. The fourth-order valence-electron chi connectivity index (χ4n) is 4.31. The summed E-state index contributed by atoms with van der Waals surface area (Å²) in [6.45, 7) is 1.59. The van der Waals surface area contributed by atoms with E-state index in [4.69, 9.17) is 4.74 Å². The molecule has 0 radical (unpaired) electrons. The summed E-state index contributed by atoms with van der Waals surface area (Å²) in [5.74, 6) is -0.482. The molecule has 0 aromatic heterocycles. The molecule has 1 fully saturated rings. The summed E-state index contributed by atoms with van der Waals surface area (Å²) in [5, 5.41) is 9.97. The molecule has 6 nitrogen and oxygen atoms in total. The molecule has 2 aromatic carbocycles. The third-order valence-electron chi connectivity index (χ3n) is 5.80. The molecule has 4 rings (SSSR count). The summed E-state index contributed by atoms with van der Waals surface area (Å²) in [6.07, 6.45) is 0. The lowest BCUT2D eigenvalue weighted by molar-refractivity contribution is -0.152. The second kappa shape index (κ2) is 7.28. The van der Waals surface area contributed by atoms with Gasteiger partial charge in [-0.25, -0.2) is 0 Å². The van der Waals surface area contributed by atoms with Crippen LogP contribution in [0.1, 0.15) is 17.0 Å². The predicted molar refractivity (Wildman–Crippen MR) is 104 cm³/mol. The number of carboxylic acid groups (broad SMARTS) is 1. The average Bonchev–Trinajstić information content (AvgIpc) is 3.11. The van der Waals surface area contributed by atoms with E-state index in [1.165, 1.54) is 0 Å². The zero-order chi connectivity index (χ0) is 19.7. The van der Waals surface area contributed by atoms with Crippen molar-refractivity contribution in [2.45, 2.75) is 12.5 Å². The molecule has 0 spiro atoms. The molecule has 1 amide bonds. The summed E-state index contributed by atoms with van der Waals surface area (Å²) in [7, 11) is 1.90. The lowest BCUT2D eigenvalue weighted by Crippen LogP contribution is -2.46. The maximum absolute atomic E-state index is 12.9. The Morgan fingerprint density at radius 1 is 1.18 bits per heavy atom. The zero-order valence-corrected chi connectivity index (χ0v) is 15.9. The number of hydrogen-bond donors (Lipinski definition) is 1. The van der Waals surface area contributed by atoms with Crippen LogP contribution in [-0.4, -0.2) is 60.1 Å². The van der Waals surface area contributed by atoms with Crippen molar-refractivity contribution in [3.05, 3.63) is 65.7 Å². The van der Waals surface area contributed by atoms with Gasteiger partial charge in [-0.05, 0) is 18.7 Å². The number of carboxylic acids is 1. The Morgan fingerprint density at radius 2 is 1.89 bits per heavy atom. The number of hydrogen-bond acceptors (Lipinski definition) is 4. The van der Waals surface area contributed by atoms with Gasteiger partial charge in [0.1, 0.15) is 17.8 Å². The molecule has 6 heteroatoms. The van der Waals surface area contributed by atoms with Crippen LogP contribution in [0, 0.1) is 5.41 Å². The molecule has 146 valence electrons. The standard InChI is InChI=1S/C22H24N2O4/c1-23(11-16-7-3-2-4-8-16)13-20(25)24-12-18-17-9-5-6-10-19(17)28-15-22(18,14-24)21(26)27/h2-10,18H,11-15H2,1H3,(H,26,27)/t18-,22-/m0/s1. The number of ether oxygens (including phenoxy) is 1. The van der Waals surface area contributed by atoms with Crippen LogP contribution in [0.15, 0.2) is 54.6 Å². The van der Waals surface area contributed by atoms with Crippen molar-refractivity contribution in [1.29, 1.82) is 0 Å². The highest BCUT2D eigenvalue weighted by Crippen LogP contribution is 2.49. The molecule has 0 unspecified atom stereocenters. The van der Waals surface area contributed by atoms with E-state index >= 15 is 0 Å². The highest BCUT2D eigenvalue weighted by atomic mass is 16.5. The Bertz CT molecular complexity index is 885. The zero-order valence-electron chi connectivity index (χ0n) is 15.9. The van der Waals surface area contributed by atoms with Gasteiger partial charge in [0.05, 0.1) is 6.54 Å². The van der Waals surface area contributed by atoms with Gasteiger partial charge < -0.3 is 14.7 Å². The van der Waals surface area contributed by atoms with Gasteiger partial charge in [-0.3, -0.25) is 14.5 Å². The summed E-state index contributed by atoms with van der Waals surface area (Å²) in [4.78, 5) is 28.7. The number of nitrogens with zero attached hydrogens (tertiary/aromatic N) is 2. The predicted octanol–water partition coefficient (Wildman–Crippen LogP) is 2.21. The molecule has 2 heterocycles. The van der Waals surface area contributed by atoms with Crippen LogP contribution in [0.5, 0.6) is 5.75 Å². The maximum Gasteiger partial charge on any atom is 0.315 e. The fourth-order valence-corrected chi connectivity index (χ4v) is 4.31. The van der Waals surface area contributed by atoms with Crippen LogP contribution in [0.25, 0.3) is 0 Å². The lowest BCUT2D eigenvalue weighted by atomic mass is 9.73. The first-order valence-electron chi connectivity index (χ1n) is 9.45. The molecule has 0 bridgehead atoms. The van der Waals surface area contributed by atoms with Crippen molar-refractivity contribution >= 4 is 11.9 Å². The number of likely N-dealkylation sites (tertiary alicyclic amines) is 1. The van der Waals surface area contributed by atoms with E-state index in [1.54, 1.807) is 4.90 Å². The molecule has 28 heavy (non-hydrogen) atoms. The third kappa shape index (κ3) is 3.24. The Balaban J connectivity index is 1.49. The van der Waals surface area contributed by atoms with E-state index in [2.05, 4.69) is 0 Å². The van der Waals surface area contributed by atoms with Crippen LogP contribution < -0.4 is 4.74 Å². The number of fused-ring (bicyclic) bond motifs is 3. The van der Waals surface area contributed by atoms with Crippen molar-refractivity contribution in [2.24, 2.45) is 5.41 Å². The molecule has 0 saturated carbocycles. The van der Waals surface area contributed by atoms with Gasteiger partial charge in [0.25, 0.3) is 0 Å². The van der Waals surface area contributed by atoms with Gasteiger partial charge in [-0.2, -0.15) is 0 Å². The minimum atomic E-state index is -1.08. The highest BCUT2D eigenvalue weighted by molar-refractivity contribution is 5.83. The Labute approximate surface area is 164 Å². The largest absolute Gasteiger partial charge is 0.492 e.